The number of nitrogens with zero attached hydrogens (tertiary/aromatic N) is 2. The Hall–Kier alpha value is -4.80. The summed E-state index contributed by atoms with van der Waals surface area (Å²) in [4.78, 5) is 9.50. The van der Waals surface area contributed by atoms with E-state index in [2.05, 4.69) is 0 Å². The van der Waals surface area contributed by atoms with Crippen LogP contribution in [0, 0.1) is 0 Å². The molecular formula is C46H56N2O22S6. The molecule has 4 aromatic rings. The number of hydrogen-bond acceptors (Lipinski definition) is 17. The second-order valence-corrected chi connectivity index (χ2v) is 27.4. The first kappa shape index (κ1) is 60.4. The lowest BCUT2D eigenvalue weighted by molar-refractivity contribution is -0.437. The van der Waals surface area contributed by atoms with Gasteiger partial charge in [-0.25, -0.2) is 8.42 Å². The van der Waals surface area contributed by atoms with Gasteiger partial charge in [0.15, 0.2) is 5.71 Å². The Morgan fingerprint density at radius 3 is 1.80 bits per heavy atom. The number of rotatable bonds is 26. The number of anilines is 1. The fraction of sp³-hybridized carbons (Fsp3) is 0.435. The number of methoxy groups -OCH3 is 1. The lowest BCUT2D eigenvalue weighted by Crippen LogP contribution is -2.33. The molecule has 418 valence electrons. The average Bonchev–Trinajstić information content (AvgIpc) is 3.66. The fourth-order valence-electron chi connectivity index (χ4n) is 10.2. The van der Waals surface area contributed by atoms with Crippen molar-refractivity contribution in [1.29, 1.82) is 0 Å². The van der Waals surface area contributed by atoms with Gasteiger partial charge in [-0.2, -0.15) is 46.7 Å². The Morgan fingerprint density at radius 1 is 0.658 bits per heavy atom. The molecule has 0 amide bonds. The summed E-state index contributed by atoms with van der Waals surface area (Å²) in [6.07, 6.45) is 4.78. The Bertz CT molecular complexity index is 3780. The molecule has 0 spiro atoms. The summed E-state index contributed by atoms with van der Waals surface area (Å²) in [5.41, 5.74) is -1.30. The van der Waals surface area contributed by atoms with Crippen molar-refractivity contribution in [1.82, 2.24) is 0 Å². The van der Waals surface area contributed by atoms with Crippen LogP contribution in [0.25, 0.3) is 21.5 Å². The average molecular weight is 1180 g/mol. The van der Waals surface area contributed by atoms with Gasteiger partial charge in [0.25, 0.3) is 50.6 Å². The van der Waals surface area contributed by atoms with E-state index in [-0.39, 0.29) is 110 Å². The number of hydrogen-bond donors (Lipinski definition) is 6. The molecular weight excluding hydrogens is 1120 g/mol. The van der Waals surface area contributed by atoms with Crippen molar-refractivity contribution in [3.05, 3.63) is 83.6 Å². The van der Waals surface area contributed by atoms with Gasteiger partial charge in [0.2, 0.25) is 5.69 Å². The lowest BCUT2D eigenvalue weighted by atomic mass is 9.74. The zero-order valence-corrected chi connectivity index (χ0v) is 45.9. The van der Waals surface area contributed by atoms with Gasteiger partial charge in [0.1, 0.15) is 21.6 Å². The highest BCUT2D eigenvalue weighted by molar-refractivity contribution is 7.87. The third-order valence-corrected chi connectivity index (χ3v) is 18.5. The molecule has 2 heterocycles. The molecule has 0 bridgehead atoms. The van der Waals surface area contributed by atoms with E-state index in [4.69, 9.17) is 9.47 Å². The number of benzene rings is 4. The molecule has 2 aliphatic rings. The second-order valence-electron chi connectivity index (χ2n) is 18.7. The zero-order chi connectivity index (χ0) is 56.6. The molecule has 2 atom stereocenters. The van der Waals surface area contributed by atoms with Crippen molar-refractivity contribution in [3.8, 4) is 0 Å². The number of aliphatic carboxylic acids is 1. The molecule has 0 saturated carbocycles. The SMILES string of the molecule is COCCOCCC1(C)/C(=C\C=C\C2=[N+](CCCS(=O)(=O)O)c3ccc4c(S(=O)(=O)O)cc(S(=O)(=O)O)cc4c3C2(C)CCCS(=O)(=O)O)N(CCCCCC(=O)O)c2ccc3c(S(=O)(=O)[O-])cc(S(=O)(=O)O)cc3c21. The number of carbonyl (C=O) groups is 1. The lowest BCUT2D eigenvalue weighted by Gasteiger charge is -2.31. The van der Waals surface area contributed by atoms with Gasteiger partial charge in [0, 0.05) is 73.0 Å². The van der Waals surface area contributed by atoms with E-state index in [1.807, 2.05) is 4.90 Å². The van der Waals surface area contributed by atoms with Crippen LogP contribution in [-0.2, 0) is 85.8 Å². The highest BCUT2D eigenvalue weighted by Crippen LogP contribution is 2.54. The minimum Gasteiger partial charge on any atom is -0.744 e. The van der Waals surface area contributed by atoms with E-state index in [1.165, 1.54) is 43.5 Å². The Kier molecular flexibility index (Phi) is 17.9. The van der Waals surface area contributed by atoms with Gasteiger partial charge in [-0.15, -0.1) is 0 Å². The van der Waals surface area contributed by atoms with Crippen LogP contribution in [0.2, 0.25) is 0 Å². The highest BCUT2D eigenvalue weighted by atomic mass is 32.2. The molecule has 76 heavy (non-hydrogen) atoms. The van der Waals surface area contributed by atoms with Crippen LogP contribution in [0.3, 0.4) is 0 Å². The standard InChI is InChI=1S/C46H56N2O22S6/c1-45(17-8-24-71(51,52)53)40(48(20-9-25-72(54,55)56)36-15-13-32-34(43(36)45)26-30(73(57,58)59)28-38(32)75(63,64)65)10-7-11-41-46(2,18-21-70-23-22-69-3)44-35-27-31(74(60,61)62)29-39(76(66,67)68)33(35)14-16-37(44)47(41)19-6-4-5-12-42(49)50/h7,10-11,13-16,26-29H,4-6,8-9,12,17-25H2,1-3H3,(H6-,49,50,51,52,53,54,55,56,57,58,59,60,61,62,63,64,65,66,67,68). The van der Waals surface area contributed by atoms with Crippen molar-refractivity contribution in [3.63, 3.8) is 0 Å². The predicted octanol–water partition coefficient (Wildman–Crippen LogP) is 4.86. The number of fused-ring (bicyclic) bond motifs is 6. The molecule has 0 aliphatic carbocycles. The first-order chi connectivity index (χ1) is 35.0. The maximum atomic E-state index is 12.8. The van der Waals surface area contributed by atoms with Crippen molar-refractivity contribution < 1.29 is 102 Å². The largest absolute Gasteiger partial charge is 0.744 e. The van der Waals surface area contributed by atoms with Gasteiger partial charge in [-0.3, -0.25) is 27.6 Å². The van der Waals surface area contributed by atoms with Crippen molar-refractivity contribution >= 4 is 105 Å². The fourth-order valence-corrected chi connectivity index (χ4v) is 13.9. The van der Waals surface area contributed by atoms with E-state index in [0.29, 0.717) is 41.9 Å². The third-order valence-electron chi connectivity index (χ3n) is 13.5. The molecule has 0 fully saturated rings. The minimum atomic E-state index is -5.41. The van der Waals surface area contributed by atoms with Gasteiger partial charge < -0.3 is 24.0 Å². The Morgan fingerprint density at radius 2 is 1.24 bits per heavy atom. The molecule has 0 aromatic heterocycles. The van der Waals surface area contributed by atoms with Gasteiger partial charge in [-0.1, -0.05) is 18.6 Å². The van der Waals surface area contributed by atoms with Crippen LogP contribution in [-0.4, -0.2) is 151 Å². The van der Waals surface area contributed by atoms with Crippen LogP contribution in [0.4, 0.5) is 11.4 Å². The second kappa shape index (κ2) is 22.5. The Balaban J connectivity index is 1.69. The molecule has 24 nitrogen and oxygen atoms in total. The summed E-state index contributed by atoms with van der Waals surface area (Å²) in [6, 6.07) is 8.49. The number of carboxylic acids is 1. The van der Waals surface area contributed by atoms with Crippen molar-refractivity contribution in [2.45, 2.75) is 95.6 Å². The number of unbranched alkanes of at least 4 members (excludes halogenated alkanes) is 2. The predicted molar refractivity (Wildman–Crippen MR) is 274 cm³/mol. The first-order valence-electron chi connectivity index (χ1n) is 23.1. The van der Waals surface area contributed by atoms with E-state index < -0.39 is 109 Å². The summed E-state index contributed by atoms with van der Waals surface area (Å²) in [6.45, 7) is 3.49. The van der Waals surface area contributed by atoms with Crippen molar-refractivity contribution in [2.24, 2.45) is 0 Å². The van der Waals surface area contributed by atoms with Gasteiger partial charge >= 0.3 is 5.97 Å². The van der Waals surface area contributed by atoms with E-state index in [0.717, 1.165) is 12.1 Å². The van der Waals surface area contributed by atoms with Crippen LogP contribution in [0.5, 0.6) is 0 Å². The Labute approximate surface area is 440 Å². The third kappa shape index (κ3) is 13.5. The molecule has 4 aromatic carbocycles. The zero-order valence-electron chi connectivity index (χ0n) is 41.0. The maximum absolute atomic E-state index is 12.8. The summed E-state index contributed by atoms with van der Waals surface area (Å²) in [5, 5.41) is 8.69. The monoisotopic (exact) mass is 1180 g/mol. The topological polar surface area (TPSA) is 391 Å². The molecule has 0 saturated heterocycles. The van der Waals surface area contributed by atoms with Crippen LogP contribution in [0.15, 0.2) is 92.0 Å². The molecule has 6 N–H and O–H groups in total. The summed E-state index contributed by atoms with van der Waals surface area (Å²) in [7, 11) is -28.8. The van der Waals surface area contributed by atoms with E-state index in [9.17, 15) is 87.7 Å². The van der Waals surface area contributed by atoms with Crippen LogP contribution in [0.1, 0.15) is 76.3 Å². The number of carboxylic acid groups (broad SMARTS) is 1. The summed E-state index contributed by atoms with van der Waals surface area (Å²) in [5.74, 6) is -2.62. The summed E-state index contributed by atoms with van der Waals surface area (Å²) >= 11 is 0. The first-order valence-corrected chi connectivity index (χ1v) is 32.1. The summed E-state index contributed by atoms with van der Waals surface area (Å²) < 4.78 is 226. The molecule has 2 aliphatic heterocycles. The molecule has 2 unspecified atom stereocenters. The van der Waals surface area contributed by atoms with Gasteiger partial charge in [-0.05, 0) is 110 Å². The van der Waals surface area contributed by atoms with E-state index >= 15 is 0 Å². The maximum Gasteiger partial charge on any atom is 0.303 e. The highest BCUT2D eigenvalue weighted by Gasteiger charge is 2.50. The quantitative estimate of drug-likeness (QED) is 0.0278. The number of allylic oxidation sites excluding steroid dienone is 4. The minimum absolute atomic E-state index is 0.0157. The molecule has 30 heteroatoms. The number of ether oxygens (including phenoxy) is 2. The molecule has 0 radical (unpaired) electrons. The normalized spacial score (nSPS) is 19.2. The molecule has 6 rings (SSSR count). The van der Waals surface area contributed by atoms with Crippen molar-refractivity contribution in [2.75, 3.05) is 56.4 Å². The van der Waals surface area contributed by atoms with Gasteiger partial charge in [0.05, 0.1) is 44.8 Å². The smallest absolute Gasteiger partial charge is 0.303 e. The van der Waals surface area contributed by atoms with Crippen LogP contribution < -0.4 is 4.90 Å². The van der Waals surface area contributed by atoms with E-state index in [1.54, 1.807) is 24.5 Å². The van der Waals surface area contributed by atoms with Crippen LogP contribution >= 0.6 is 0 Å².